The summed E-state index contributed by atoms with van der Waals surface area (Å²) in [5.41, 5.74) is 0. The van der Waals surface area contributed by atoms with E-state index in [4.69, 9.17) is 18.3 Å². The van der Waals surface area contributed by atoms with Crippen LogP contribution in [0.2, 0.25) is 12.6 Å². The second-order valence-electron chi connectivity index (χ2n) is 3.94. The highest BCUT2D eigenvalue weighted by Crippen LogP contribution is 2.24. The number of rotatable bonds is 8. The predicted octanol–water partition coefficient (Wildman–Crippen LogP) is 2.57. The second-order valence-corrected chi connectivity index (χ2v) is 7.19. The summed E-state index contributed by atoms with van der Waals surface area (Å²) < 4.78 is 21.3. The number of hydrogen-bond acceptors (Lipinski definition) is 4. The molecule has 1 fully saturated rings. The van der Waals surface area contributed by atoms with Crippen molar-refractivity contribution >= 4 is 8.56 Å². The minimum atomic E-state index is -1.88. The van der Waals surface area contributed by atoms with E-state index in [1.807, 2.05) is 27.7 Å². The van der Waals surface area contributed by atoms with Crippen LogP contribution in [0.1, 0.15) is 27.7 Å². The summed E-state index contributed by atoms with van der Waals surface area (Å²) in [5, 5.41) is 0. The Hall–Kier alpha value is 0.0569. The molecule has 104 valence electrons. The highest BCUT2D eigenvalue weighted by atomic mass is 28.4. The molecule has 1 unspecified atom stereocenters. The van der Waals surface area contributed by atoms with E-state index in [-0.39, 0.29) is 0 Å². The molecule has 0 aromatic carbocycles. The third-order valence-corrected chi connectivity index (χ3v) is 5.30. The largest absolute Gasteiger partial charge is 0.395 e. The molecule has 0 aliphatic carbocycles. The smallest absolute Gasteiger partial charge is 0.337 e. The quantitative estimate of drug-likeness (QED) is 0.499. The van der Waals surface area contributed by atoms with Gasteiger partial charge in [-0.05, 0) is 34.2 Å². The molecular weight excluding hydrogens is 236 g/mol. The van der Waals surface area contributed by atoms with Crippen molar-refractivity contribution in [3.63, 3.8) is 0 Å². The zero-order valence-electron chi connectivity index (χ0n) is 12.0. The average Bonchev–Trinajstić information content (AvgIpc) is 3.04. The summed E-state index contributed by atoms with van der Waals surface area (Å²) in [6.07, 6.45) is 0.416. The first-order valence-corrected chi connectivity index (χ1v) is 9.11. The summed E-state index contributed by atoms with van der Waals surface area (Å²) in [6.45, 7) is 14.2. The SMILES string of the molecule is CCOCC.CCO[Si](C)(CC1CO1)OCC. The van der Waals surface area contributed by atoms with Gasteiger partial charge in [-0.2, -0.15) is 0 Å². The second kappa shape index (κ2) is 10.0. The molecule has 1 aliphatic heterocycles. The van der Waals surface area contributed by atoms with Gasteiger partial charge in [0.25, 0.3) is 0 Å². The van der Waals surface area contributed by atoms with Crippen molar-refractivity contribution in [3.8, 4) is 0 Å². The van der Waals surface area contributed by atoms with Crippen LogP contribution in [-0.4, -0.2) is 47.7 Å². The van der Waals surface area contributed by atoms with E-state index in [9.17, 15) is 0 Å². The van der Waals surface area contributed by atoms with E-state index in [0.29, 0.717) is 6.10 Å². The lowest BCUT2D eigenvalue weighted by molar-refractivity contribution is 0.162. The molecule has 4 nitrogen and oxygen atoms in total. The Bertz CT molecular complexity index is 166. The number of hydrogen-bond donors (Lipinski definition) is 0. The van der Waals surface area contributed by atoms with Gasteiger partial charge in [0.15, 0.2) is 0 Å². The minimum absolute atomic E-state index is 0.416. The zero-order chi connectivity index (χ0) is 13.1. The van der Waals surface area contributed by atoms with Crippen LogP contribution in [0.5, 0.6) is 0 Å². The molecule has 17 heavy (non-hydrogen) atoms. The molecular formula is C12H28O4Si. The fourth-order valence-electron chi connectivity index (χ4n) is 1.57. The van der Waals surface area contributed by atoms with Gasteiger partial charge in [-0.1, -0.05) is 0 Å². The fraction of sp³-hybridized carbons (Fsp3) is 1.00. The van der Waals surface area contributed by atoms with Gasteiger partial charge in [-0.25, -0.2) is 0 Å². The third-order valence-electron chi connectivity index (χ3n) is 2.31. The maximum atomic E-state index is 5.66. The Morgan fingerprint density at radius 2 is 1.47 bits per heavy atom. The van der Waals surface area contributed by atoms with Crippen LogP contribution in [0.15, 0.2) is 0 Å². The lowest BCUT2D eigenvalue weighted by Gasteiger charge is -2.24. The number of ether oxygens (including phenoxy) is 2. The van der Waals surface area contributed by atoms with E-state index in [2.05, 4.69) is 6.55 Å². The molecule has 0 spiro atoms. The molecule has 1 aliphatic rings. The van der Waals surface area contributed by atoms with Crippen LogP contribution in [-0.2, 0) is 18.3 Å². The summed E-state index contributed by atoms with van der Waals surface area (Å²) in [7, 11) is -1.88. The van der Waals surface area contributed by atoms with Crippen molar-refractivity contribution in [2.24, 2.45) is 0 Å². The first kappa shape index (κ1) is 17.1. The Kier molecular flexibility index (Phi) is 10.1. The molecule has 1 saturated heterocycles. The van der Waals surface area contributed by atoms with E-state index < -0.39 is 8.56 Å². The molecule has 0 aromatic rings. The molecule has 0 bridgehead atoms. The molecule has 0 radical (unpaired) electrons. The first-order valence-electron chi connectivity index (χ1n) is 6.59. The van der Waals surface area contributed by atoms with E-state index in [0.717, 1.165) is 39.1 Å². The van der Waals surface area contributed by atoms with Gasteiger partial charge in [0.05, 0.1) is 12.7 Å². The highest BCUT2D eigenvalue weighted by Gasteiger charge is 2.39. The summed E-state index contributed by atoms with van der Waals surface area (Å²) >= 11 is 0. The van der Waals surface area contributed by atoms with Gasteiger partial charge in [0, 0.05) is 32.5 Å². The summed E-state index contributed by atoms with van der Waals surface area (Å²) in [4.78, 5) is 0. The molecule has 1 atom stereocenters. The van der Waals surface area contributed by atoms with Gasteiger partial charge in [0.2, 0.25) is 0 Å². The molecule has 0 aromatic heterocycles. The van der Waals surface area contributed by atoms with Crippen molar-refractivity contribution in [1.82, 2.24) is 0 Å². The Morgan fingerprint density at radius 3 is 1.71 bits per heavy atom. The Balaban J connectivity index is 0.000000437. The Labute approximate surface area is 107 Å². The van der Waals surface area contributed by atoms with Crippen LogP contribution in [0.3, 0.4) is 0 Å². The van der Waals surface area contributed by atoms with Gasteiger partial charge < -0.3 is 18.3 Å². The standard InChI is InChI=1S/C8H18O3Si.C4H10O/c1-4-10-12(3,11-5-2)7-8-6-9-8;1-3-5-4-2/h8H,4-7H2,1-3H3;3-4H2,1-2H3. The van der Waals surface area contributed by atoms with Crippen molar-refractivity contribution in [1.29, 1.82) is 0 Å². The molecule has 1 rings (SSSR count). The molecule has 5 heteroatoms. The normalized spacial score (nSPS) is 18.5. The topological polar surface area (TPSA) is 40.2 Å². The molecule has 0 amide bonds. The van der Waals surface area contributed by atoms with Crippen molar-refractivity contribution in [2.45, 2.75) is 46.4 Å². The van der Waals surface area contributed by atoms with E-state index in [1.54, 1.807) is 0 Å². The summed E-state index contributed by atoms with van der Waals surface area (Å²) in [6, 6.07) is 0.981. The van der Waals surface area contributed by atoms with Crippen LogP contribution in [0.25, 0.3) is 0 Å². The van der Waals surface area contributed by atoms with Gasteiger partial charge in [0.1, 0.15) is 0 Å². The molecule has 1 heterocycles. The summed E-state index contributed by atoms with van der Waals surface area (Å²) in [5.74, 6) is 0. The van der Waals surface area contributed by atoms with Crippen LogP contribution in [0.4, 0.5) is 0 Å². The first-order chi connectivity index (χ1) is 8.11. The lowest BCUT2D eigenvalue weighted by atomic mass is 10.6. The molecule has 0 N–H and O–H groups in total. The third kappa shape index (κ3) is 9.73. The zero-order valence-corrected chi connectivity index (χ0v) is 13.0. The average molecular weight is 264 g/mol. The van der Waals surface area contributed by atoms with Crippen molar-refractivity contribution < 1.29 is 18.3 Å². The Morgan fingerprint density at radius 1 is 1.00 bits per heavy atom. The van der Waals surface area contributed by atoms with E-state index in [1.165, 1.54) is 0 Å². The minimum Gasteiger partial charge on any atom is -0.395 e. The lowest BCUT2D eigenvalue weighted by Crippen LogP contribution is -2.40. The molecule has 0 saturated carbocycles. The number of epoxide rings is 1. The fourth-order valence-corrected chi connectivity index (χ4v) is 4.18. The maximum absolute atomic E-state index is 5.66. The highest BCUT2D eigenvalue weighted by molar-refractivity contribution is 6.66. The van der Waals surface area contributed by atoms with E-state index >= 15 is 0 Å². The monoisotopic (exact) mass is 264 g/mol. The maximum Gasteiger partial charge on any atom is 0.337 e. The van der Waals surface area contributed by atoms with Gasteiger partial charge in [-0.3, -0.25) is 0 Å². The predicted molar refractivity (Wildman–Crippen MR) is 71.6 cm³/mol. The van der Waals surface area contributed by atoms with Crippen molar-refractivity contribution in [3.05, 3.63) is 0 Å². The van der Waals surface area contributed by atoms with Crippen LogP contribution < -0.4 is 0 Å². The van der Waals surface area contributed by atoms with Gasteiger partial charge in [-0.15, -0.1) is 0 Å². The van der Waals surface area contributed by atoms with Crippen LogP contribution >= 0.6 is 0 Å². The van der Waals surface area contributed by atoms with Crippen LogP contribution in [0, 0.1) is 0 Å². The van der Waals surface area contributed by atoms with Crippen molar-refractivity contribution in [2.75, 3.05) is 33.0 Å². The van der Waals surface area contributed by atoms with Gasteiger partial charge >= 0.3 is 8.56 Å².